The minimum Gasteiger partial charge on any atom is -0.484 e. The summed E-state index contributed by atoms with van der Waals surface area (Å²) in [5.41, 5.74) is 5.69. The molecule has 1 N–H and O–H groups in total. The molecule has 0 amide bonds. The summed E-state index contributed by atoms with van der Waals surface area (Å²) in [6, 6.07) is 27.0. The average molecular weight is 370 g/mol. The lowest BCUT2D eigenvalue weighted by molar-refractivity contribution is 0.243. The Morgan fingerprint density at radius 3 is 2.54 bits per heavy atom. The van der Waals surface area contributed by atoms with Crippen molar-refractivity contribution in [1.29, 1.82) is 0 Å². The molecule has 0 aliphatic rings. The summed E-state index contributed by atoms with van der Waals surface area (Å²) in [7, 11) is 0. The SMILES string of the molecule is C(=NNc1ccccc1)c1cccc(-c2noc(COc3ccccc3)n2)c1. The van der Waals surface area contributed by atoms with E-state index in [0.29, 0.717) is 11.7 Å². The van der Waals surface area contributed by atoms with Gasteiger partial charge >= 0.3 is 0 Å². The smallest absolute Gasteiger partial charge is 0.264 e. The zero-order valence-electron chi connectivity index (χ0n) is 15.0. The molecule has 1 aromatic heterocycles. The summed E-state index contributed by atoms with van der Waals surface area (Å²) in [5, 5.41) is 8.30. The standard InChI is InChI=1S/C22H18N4O2/c1-3-10-19(11-4-1)25-23-15-17-8-7-9-18(14-17)22-24-21(28-26-22)16-27-20-12-5-2-6-13-20/h1-15,25H,16H2. The molecule has 0 saturated heterocycles. The molecule has 3 aromatic carbocycles. The van der Waals surface area contributed by atoms with Crippen molar-refractivity contribution >= 4 is 11.9 Å². The molecule has 0 radical (unpaired) electrons. The van der Waals surface area contributed by atoms with Crippen molar-refractivity contribution in [1.82, 2.24) is 10.1 Å². The number of rotatable bonds is 7. The first-order valence-electron chi connectivity index (χ1n) is 8.82. The van der Waals surface area contributed by atoms with Crippen LogP contribution in [0.5, 0.6) is 5.75 Å². The van der Waals surface area contributed by atoms with Crippen LogP contribution in [0.25, 0.3) is 11.4 Å². The van der Waals surface area contributed by atoms with Gasteiger partial charge in [0, 0.05) is 5.56 Å². The molecule has 4 aromatic rings. The molecule has 6 heteroatoms. The third-order valence-electron chi connectivity index (χ3n) is 3.90. The molecule has 0 aliphatic carbocycles. The summed E-state index contributed by atoms with van der Waals surface area (Å²) in [4.78, 5) is 4.40. The van der Waals surface area contributed by atoms with E-state index in [2.05, 4.69) is 20.7 Å². The minimum absolute atomic E-state index is 0.221. The number of para-hydroxylation sites is 2. The second-order valence-electron chi connectivity index (χ2n) is 5.97. The minimum atomic E-state index is 0.221. The van der Waals surface area contributed by atoms with Crippen LogP contribution < -0.4 is 10.2 Å². The van der Waals surface area contributed by atoms with Crippen molar-refractivity contribution in [3.8, 4) is 17.1 Å². The van der Waals surface area contributed by atoms with E-state index in [1.165, 1.54) is 0 Å². The van der Waals surface area contributed by atoms with Crippen LogP contribution >= 0.6 is 0 Å². The molecule has 1 heterocycles. The van der Waals surface area contributed by atoms with Gasteiger partial charge in [0.15, 0.2) is 6.61 Å². The van der Waals surface area contributed by atoms with Gasteiger partial charge in [0.25, 0.3) is 5.89 Å². The van der Waals surface area contributed by atoms with E-state index in [1.807, 2.05) is 84.9 Å². The molecule has 0 bridgehead atoms. The first-order chi connectivity index (χ1) is 13.9. The van der Waals surface area contributed by atoms with Crippen LogP contribution in [0.1, 0.15) is 11.5 Å². The van der Waals surface area contributed by atoms with E-state index in [1.54, 1.807) is 6.21 Å². The quantitative estimate of drug-likeness (QED) is 0.375. The molecule has 0 spiro atoms. The van der Waals surface area contributed by atoms with Gasteiger partial charge in [-0.05, 0) is 35.9 Å². The predicted molar refractivity (Wildman–Crippen MR) is 108 cm³/mol. The van der Waals surface area contributed by atoms with Crippen molar-refractivity contribution in [2.45, 2.75) is 6.61 Å². The third kappa shape index (κ3) is 4.62. The molecule has 138 valence electrons. The molecule has 4 rings (SSSR count). The Hall–Kier alpha value is -3.93. The summed E-state index contributed by atoms with van der Waals surface area (Å²) >= 11 is 0. The average Bonchev–Trinajstić information content (AvgIpc) is 3.23. The second-order valence-corrected chi connectivity index (χ2v) is 5.97. The van der Waals surface area contributed by atoms with Gasteiger partial charge < -0.3 is 9.26 Å². The molecule has 0 aliphatic heterocycles. The van der Waals surface area contributed by atoms with E-state index in [9.17, 15) is 0 Å². The first kappa shape index (κ1) is 17.5. The van der Waals surface area contributed by atoms with Gasteiger partial charge in [-0.3, -0.25) is 5.43 Å². The Balaban J connectivity index is 1.40. The fraction of sp³-hybridized carbons (Fsp3) is 0.0455. The van der Waals surface area contributed by atoms with Crippen LogP contribution in [0, 0.1) is 0 Å². The number of nitrogens with one attached hydrogen (secondary N) is 1. The molecular weight excluding hydrogens is 352 g/mol. The van der Waals surface area contributed by atoms with Crippen LogP contribution in [0.3, 0.4) is 0 Å². The van der Waals surface area contributed by atoms with Crippen molar-refractivity contribution < 1.29 is 9.26 Å². The number of hydrazone groups is 1. The maximum atomic E-state index is 5.63. The van der Waals surface area contributed by atoms with Crippen LogP contribution in [0.2, 0.25) is 0 Å². The molecule has 0 saturated carbocycles. The molecule has 0 fully saturated rings. The highest BCUT2D eigenvalue weighted by Crippen LogP contribution is 2.18. The highest BCUT2D eigenvalue weighted by Gasteiger charge is 2.09. The van der Waals surface area contributed by atoms with Crippen molar-refractivity contribution in [3.05, 3.63) is 96.4 Å². The molecular formula is C22H18N4O2. The lowest BCUT2D eigenvalue weighted by atomic mass is 10.1. The number of nitrogens with zero attached hydrogens (tertiary/aromatic N) is 3. The Morgan fingerprint density at radius 2 is 1.71 bits per heavy atom. The number of ether oxygens (including phenoxy) is 1. The summed E-state index contributed by atoms with van der Waals surface area (Å²) < 4.78 is 10.9. The topological polar surface area (TPSA) is 72.5 Å². The maximum Gasteiger partial charge on any atom is 0.264 e. The first-order valence-corrected chi connectivity index (χ1v) is 8.82. The Kier molecular flexibility index (Phi) is 5.39. The normalized spacial score (nSPS) is 10.9. The number of hydrogen-bond acceptors (Lipinski definition) is 6. The van der Waals surface area contributed by atoms with E-state index >= 15 is 0 Å². The van der Waals surface area contributed by atoms with Gasteiger partial charge in [0.1, 0.15) is 5.75 Å². The summed E-state index contributed by atoms with van der Waals surface area (Å²) in [6.07, 6.45) is 1.75. The van der Waals surface area contributed by atoms with Crippen LogP contribution in [0.15, 0.2) is 94.6 Å². The number of hydrogen-bond donors (Lipinski definition) is 1. The van der Waals surface area contributed by atoms with Gasteiger partial charge in [0.2, 0.25) is 5.82 Å². The van der Waals surface area contributed by atoms with Gasteiger partial charge in [-0.1, -0.05) is 59.8 Å². The lowest BCUT2D eigenvalue weighted by Gasteiger charge is -2.01. The fourth-order valence-corrected chi connectivity index (χ4v) is 2.54. The highest BCUT2D eigenvalue weighted by molar-refractivity contribution is 5.82. The van der Waals surface area contributed by atoms with Crippen molar-refractivity contribution in [3.63, 3.8) is 0 Å². The van der Waals surface area contributed by atoms with E-state index < -0.39 is 0 Å². The maximum absolute atomic E-state index is 5.63. The molecule has 0 atom stereocenters. The van der Waals surface area contributed by atoms with Crippen molar-refractivity contribution in [2.24, 2.45) is 5.10 Å². The van der Waals surface area contributed by atoms with Gasteiger partial charge in [-0.2, -0.15) is 10.1 Å². The number of aromatic nitrogens is 2. The van der Waals surface area contributed by atoms with E-state index in [4.69, 9.17) is 9.26 Å². The Morgan fingerprint density at radius 1 is 0.929 bits per heavy atom. The van der Waals surface area contributed by atoms with E-state index in [-0.39, 0.29) is 6.61 Å². The number of benzene rings is 3. The Labute approximate surface area is 162 Å². The van der Waals surface area contributed by atoms with Gasteiger partial charge in [-0.15, -0.1) is 0 Å². The zero-order valence-corrected chi connectivity index (χ0v) is 15.0. The van der Waals surface area contributed by atoms with E-state index in [0.717, 1.165) is 22.6 Å². The lowest BCUT2D eigenvalue weighted by Crippen LogP contribution is -1.95. The predicted octanol–water partition coefficient (Wildman–Crippen LogP) is 4.76. The number of anilines is 1. The fourth-order valence-electron chi connectivity index (χ4n) is 2.54. The van der Waals surface area contributed by atoms with Gasteiger partial charge in [0.05, 0.1) is 11.9 Å². The van der Waals surface area contributed by atoms with Gasteiger partial charge in [-0.25, -0.2) is 0 Å². The van der Waals surface area contributed by atoms with Crippen LogP contribution in [0.4, 0.5) is 5.69 Å². The zero-order chi connectivity index (χ0) is 19.0. The molecule has 28 heavy (non-hydrogen) atoms. The summed E-state index contributed by atoms with van der Waals surface area (Å²) in [5.74, 6) is 1.69. The second kappa shape index (κ2) is 8.64. The van der Waals surface area contributed by atoms with Crippen LogP contribution in [-0.2, 0) is 6.61 Å². The Bertz CT molecular complexity index is 1050. The monoisotopic (exact) mass is 370 g/mol. The largest absolute Gasteiger partial charge is 0.484 e. The molecule has 6 nitrogen and oxygen atoms in total. The third-order valence-corrected chi connectivity index (χ3v) is 3.90. The molecule has 0 unspecified atom stereocenters. The summed E-state index contributed by atoms with van der Waals surface area (Å²) in [6.45, 7) is 0.221. The van der Waals surface area contributed by atoms with Crippen molar-refractivity contribution in [2.75, 3.05) is 5.43 Å². The van der Waals surface area contributed by atoms with Crippen LogP contribution in [-0.4, -0.2) is 16.4 Å². The highest BCUT2D eigenvalue weighted by atomic mass is 16.5.